The zero-order chi connectivity index (χ0) is 27.8. The maximum absolute atomic E-state index is 13.9. The molecular weight excluding hydrogens is 505 g/mol. The molecule has 2 aromatic heterocycles. The first kappa shape index (κ1) is 27.3. The molecule has 202 valence electrons. The molecule has 0 radical (unpaired) electrons. The number of aliphatic hydroxyl groups is 1. The third-order valence-corrected chi connectivity index (χ3v) is 5.65. The van der Waals surface area contributed by atoms with Crippen LogP contribution in [0.4, 0.5) is 20.6 Å². The molecule has 0 aliphatic heterocycles. The quantitative estimate of drug-likeness (QED) is 0.112. The van der Waals surface area contributed by atoms with Gasteiger partial charge in [0.15, 0.2) is 0 Å². The number of aliphatic hydroxyl groups excluding tert-OH is 1. The van der Waals surface area contributed by atoms with Gasteiger partial charge in [0.25, 0.3) is 0 Å². The van der Waals surface area contributed by atoms with Crippen LogP contribution in [-0.2, 0) is 4.79 Å². The van der Waals surface area contributed by atoms with Gasteiger partial charge in [-0.3, -0.25) is 15.1 Å². The summed E-state index contributed by atoms with van der Waals surface area (Å²) in [7, 11) is 0. The fraction of sp³-hybridized carbons (Fsp3) is 0.179. The zero-order valence-corrected chi connectivity index (χ0v) is 21.1. The van der Waals surface area contributed by atoms with E-state index in [4.69, 9.17) is 9.84 Å². The van der Waals surface area contributed by atoms with E-state index in [1.54, 1.807) is 73.9 Å². The van der Waals surface area contributed by atoms with E-state index in [9.17, 15) is 19.1 Å². The number of H-pyrrole nitrogens is 1. The minimum Gasteiger partial charge on any atom is -0.481 e. The van der Waals surface area contributed by atoms with Crippen LogP contribution in [0.1, 0.15) is 30.2 Å². The lowest BCUT2D eigenvalue weighted by Crippen LogP contribution is -2.22. The third kappa shape index (κ3) is 7.87. The summed E-state index contributed by atoms with van der Waals surface area (Å²) in [5.41, 5.74) is 3.26. The highest BCUT2D eigenvalue weighted by Crippen LogP contribution is 2.27. The van der Waals surface area contributed by atoms with E-state index in [0.29, 0.717) is 47.1 Å². The van der Waals surface area contributed by atoms with Crippen LogP contribution in [0.15, 0.2) is 73.1 Å². The number of nitrogens with one attached hydrogen (secondary N) is 4. The van der Waals surface area contributed by atoms with Gasteiger partial charge >= 0.3 is 12.0 Å². The number of aromatic nitrogens is 2. The molecule has 0 saturated carbocycles. The van der Waals surface area contributed by atoms with Crippen LogP contribution in [-0.4, -0.2) is 38.7 Å². The van der Waals surface area contributed by atoms with E-state index in [-0.39, 0.29) is 12.1 Å². The average Bonchev–Trinajstić information content (AvgIpc) is 3.41. The number of aliphatic carboxylic acids is 1. The van der Waals surface area contributed by atoms with Crippen LogP contribution in [0.25, 0.3) is 11.4 Å². The van der Waals surface area contributed by atoms with Crippen molar-refractivity contribution < 1.29 is 28.9 Å². The number of anilines is 2. The summed E-state index contributed by atoms with van der Waals surface area (Å²) in [6.45, 7) is 2.17. The highest BCUT2D eigenvalue weighted by Gasteiger charge is 2.12. The number of carbonyl (C=O) groups is 2. The number of ether oxygens (including phenoxy) is 1. The zero-order valence-electron chi connectivity index (χ0n) is 21.1. The van der Waals surface area contributed by atoms with E-state index in [1.165, 1.54) is 6.07 Å². The van der Waals surface area contributed by atoms with Crippen molar-refractivity contribution in [1.82, 2.24) is 15.3 Å². The average molecular weight is 534 g/mol. The number of carbonyl (C=O) groups excluding carboxylic acids is 1. The predicted molar refractivity (Wildman–Crippen MR) is 144 cm³/mol. The van der Waals surface area contributed by atoms with Gasteiger partial charge in [0.05, 0.1) is 17.1 Å². The Balaban J connectivity index is 1.33. The van der Waals surface area contributed by atoms with Gasteiger partial charge in [-0.05, 0) is 74.0 Å². The molecule has 1 atom stereocenters. The molecule has 0 spiro atoms. The van der Waals surface area contributed by atoms with Gasteiger partial charge in [0.1, 0.15) is 23.5 Å². The highest BCUT2D eigenvalue weighted by atomic mass is 19.1. The Kier molecular flexibility index (Phi) is 8.87. The number of rotatable bonds is 11. The second-order valence-corrected chi connectivity index (χ2v) is 8.77. The summed E-state index contributed by atoms with van der Waals surface area (Å²) >= 11 is 0. The minimum atomic E-state index is -0.951. The molecule has 6 N–H and O–H groups in total. The fourth-order valence-corrected chi connectivity index (χ4v) is 3.70. The molecule has 11 heteroatoms. The molecule has 2 heterocycles. The van der Waals surface area contributed by atoms with Crippen LogP contribution in [0.5, 0.6) is 11.5 Å². The lowest BCUT2D eigenvalue weighted by atomic mass is 10.2. The molecule has 2 aromatic carbocycles. The first-order chi connectivity index (χ1) is 18.8. The number of hydrogen-bond acceptors (Lipinski definition) is 6. The fourth-order valence-electron chi connectivity index (χ4n) is 3.70. The van der Waals surface area contributed by atoms with Gasteiger partial charge in [0, 0.05) is 36.1 Å². The number of carboxylic acids is 1. The summed E-state index contributed by atoms with van der Waals surface area (Å²) in [4.78, 5) is 30.3. The summed E-state index contributed by atoms with van der Waals surface area (Å²) in [6.07, 6.45) is 2.72. The van der Waals surface area contributed by atoms with Crippen LogP contribution in [0.3, 0.4) is 0 Å². The molecule has 0 bridgehead atoms. The van der Waals surface area contributed by atoms with Gasteiger partial charge < -0.3 is 30.6 Å². The maximum Gasteiger partial charge on any atom is 0.323 e. The van der Waals surface area contributed by atoms with Crippen molar-refractivity contribution >= 4 is 23.4 Å². The third-order valence-electron chi connectivity index (χ3n) is 5.65. The Morgan fingerprint density at radius 2 is 1.85 bits per heavy atom. The van der Waals surface area contributed by atoms with Crippen LogP contribution in [0, 0.1) is 12.7 Å². The van der Waals surface area contributed by atoms with E-state index >= 15 is 0 Å². The number of carboxylic acid groups (broad SMARTS) is 1. The van der Waals surface area contributed by atoms with Crippen molar-refractivity contribution in [2.45, 2.75) is 26.0 Å². The number of halogens is 1. The van der Waals surface area contributed by atoms with Crippen LogP contribution in [0.2, 0.25) is 0 Å². The Hall–Kier alpha value is -4.74. The molecule has 39 heavy (non-hydrogen) atoms. The summed E-state index contributed by atoms with van der Waals surface area (Å²) in [5, 5.41) is 27.0. The second-order valence-electron chi connectivity index (χ2n) is 8.77. The predicted octanol–water partition coefficient (Wildman–Crippen LogP) is 5.41. The lowest BCUT2D eigenvalue weighted by Gasteiger charge is -2.11. The topological polar surface area (TPSA) is 149 Å². The number of aromatic amines is 1. The number of amides is 2. The van der Waals surface area contributed by atoms with E-state index in [0.717, 1.165) is 5.56 Å². The largest absolute Gasteiger partial charge is 0.481 e. The number of pyridine rings is 1. The molecular formula is C28H28FN5O5. The van der Waals surface area contributed by atoms with Crippen molar-refractivity contribution in [3.8, 4) is 22.9 Å². The monoisotopic (exact) mass is 533 g/mol. The molecule has 1 unspecified atom stereocenters. The Morgan fingerprint density at radius 1 is 1.05 bits per heavy atom. The first-order valence-corrected chi connectivity index (χ1v) is 12.2. The smallest absolute Gasteiger partial charge is 0.323 e. The Bertz CT molecular complexity index is 1440. The van der Waals surface area contributed by atoms with Crippen molar-refractivity contribution in [3.63, 3.8) is 0 Å². The number of nitrogens with zero attached hydrogens (tertiary/aromatic N) is 1. The van der Waals surface area contributed by atoms with Crippen molar-refractivity contribution in [1.29, 1.82) is 0 Å². The van der Waals surface area contributed by atoms with Gasteiger partial charge in [0.2, 0.25) is 0 Å². The van der Waals surface area contributed by atoms with Gasteiger partial charge in [-0.15, -0.1) is 0 Å². The summed E-state index contributed by atoms with van der Waals surface area (Å²) in [6, 6.07) is 15.8. The van der Waals surface area contributed by atoms with E-state index in [1.807, 2.05) is 0 Å². The maximum atomic E-state index is 13.9. The van der Waals surface area contributed by atoms with Crippen LogP contribution >= 0.6 is 0 Å². The van der Waals surface area contributed by atoms with Gasteiger partial charge in [-0.1, -0.05) is 6.07 Å². The SMILES string of the molecule is Cc1ccc(F)c(NC(=O)Nc2ccc(Oc3ccnc(-c4cc(C(O)NCCCC(=O)O)c[nH]4)c3)cc2)c1. The van der Waals surface area contributed by atoms with Crippen molar-refractivity contribution in [2.75, 3.05) is 17.2 Å². The Morgan fingerprint density at radius 3 is 2.62 bits per heavy atom. The molecule has 0 fully saturated rings. The lowest BCUT2D eigenvalue weighted by molar-refractivity contribution is -0.137. The van der Waals surface area contributed by atoms with E-state index < -0.39 is 24.0 Å². The second kappa shape index (κ2) is 12.7. The van der Waals surface area contributed by atoms with Gasteiger partial charge in [-0.2, -0.15) is 0 Å². The highest BCUT2D eigenvalue weighted by molar-refractivity contribution is 5.99. The number of aryl methyl sites for hydroxylation is 1. The van der Waals surface area contributed by atoms with Crippen molar-refractivity contribution in [2.24, 2.45) is 0 Å². The van der Waals surface area contributed by atoms with Crippen LogP contribution < -0.4 is 20.7 Å². The summed E-state index contributed by atoms with van der Waals surface area (Å²) < 4.78 is 19.8. The van der Waals surface area contributed by atoms with Crippen molar-refractivity contribution in [3.05, 3.63) is 90.0 Å². The molecule has 10 nitrogen and oxygen atoms in total. The minimum absolute atomic E-state index is 0.0264. The number of hydrogen-bond donors (Lipinski definition) is 6. The molecule has 4 rings (SSSR count). The molecule has 0 saturated heterocycles. The number of benzene rings is 2. The first-order valence-electron chi connectivity index (χ1n) is 12.2. The van der Waals surface area contributed by atoms with E-state index in [2.05, 4.69) is 25.9 Å². The molecule has 0 aliphatic carbocycles. The normalized spacial score (nSPS) is 11.6. The summed E-state index contributed by atoms with van der Waals surface area (Å²) in [5.74, 6) is -0.351. The molecule has 0 aliphatic rings. The van der Waals surface area contributed by atoms with Gasteiger partial charge in [-0.25, -0.2) is 9.18 Å². The molecule has 4 aromatic rings. The molecule has 2 amide bonds. The Labute approximate surface area is 223 Å². The number of urea groups is 1. The standard InChI is InChI=1S/C28H28FN5O5/c1-17-4-9-22(29)23(13-17)34-28(38)33-19-5-7-20(8-6-19)39-21-10-12-30-25(15-21)24-14-18(16-32-24)27(37)31-11-2-3-26(35)36/h4-10,12-16,27,31-32,37H,2-3,11H2,1H3,(H,35,36)(H2,33,34,38).